The van der Waals surface area contributed by atoms with Crippen LogP contribution in [0.2, 0.25) is 0 Å². The fourth-order valence-corrected chi connectivity index (χ4v) is 1.66. The van der Waals surface area contributed by atoms with Gasteiger partial charge in [0.15, 0.2) is 0 Å². The molecule has 0 spiro atoms. The van der Waals surface area contributed by atoms with Crippen LogP contribution in [0.3, 0.4) is 0 Å². The molecule has 0 aromatic carbocycles. The van der Waals surface area contributed by atoms with Gasteiger partial charge in [0.1, 0.15) is 0 Å². The number of aromatic nitrogens is 2. The van der Waals surface area contributed by atoms with E-state index >= 15 is 0 Å². The van der Waals surface area contributed by atoms with E-state index in [1.54, 1.807) is 0 Å². The number of nitrogens with zero attached hydrogens (tertiary/aromatic N) is 2. The van der Waals surface area contributed by atoms with Gasteiger partial charge in [0.25, 0.3) is 0 Å². The van der Waals surface area contributed by atoms with Crippen molar-refractivity contribution in [1.29, 1.82) is 0 Å². The van der Waals surface area contributed by atoms with Gasteiger partial charge in [0, 0.05) is 24.3 Å². The Morgan fingerprint density at radius 1 is 1.60 bits per heavy atom. The predicted molar refractivity (Wildman–Crippen MR) is 63.7 cm³/mol. The maximum atomic E-state index is 4.33. The van der Waals surface area contributed by atoms with Crippen LogP contribution in [0, 0.1) is 0 Å². The molecular formula is C12H21N3. The highest BCUT2D eigenvalue weighted by Gasteiger charge is 2.10. The van der Waals surface area contributed by atoms with Crippen molar-refractivity contribution in [3.05, 3.63) is 30.6 Å². The van der Waals surface area contributed by atoms with Crippen molar-refractivity contribution in [3.63, 3.8) is 0 Å². The molecular weight excluding hydrogens is 186 g/mol. The summed E-state index contributed by atoms with van der Waals surface area (Å²) in [6.07, 6.45) is 8.09. The zero-order chi connectivity index (χ0) is 11.1. The van der Waals surface area contributed by atoms with Crippen LogP contribution < -0.4 is 5.32 Å². The van der Waals surface area contributed by atoms with Gasteiger partial charge in [-0.25, -0.2) is 0 Å². The van der Waals surface area contributed by atoms with Gasteiger partial charge in [0.05, 0.1) is 6.20 Å². The molecule has 0 amide bonds. The Bertz CT molecular complexity index is 291. The highest BCUT2D eigenvalue weighted by molar-refractivity contribution is 5.11. The average molecular weight is 207 g/mol. The Morgan fingerprint density at radius 3 is 3.00 bits per heavy atom. The van der Waals surface area contributed by atoms with Gasteiger partial charge in [-0.05, 0) is 19.4 Å². The minimum atomic E-state index is 0.359. The van der Waals surface area contributed by atoms with Crippen molar-refractivity contribution in [2.75, 3.05) is 6.54 Å². The lowest BCUT2D eigenvalue weighted by molar-refractivity contribution is 0.555. The maximum absolute atomic E-state index is 4.33. The van der Waals surface area contributed by atoms with Crippen LogP contribution in [-0.4, -0.2) is 16.3 Å². The fraction of sp³-hybridized carbons (Fsp3) is 0.583. The zero-order valence-corrected chi connectivity index (χ0v) is 9.74. The standard InChI is InChI=1S/C12H21N3/c1-4-7-12(13-6-3)11-9-14-15(10-11)8-5-2/h4,9-10,12-13H,1,5-8H2,2-3H3. The largest absolute Gasteiger partial charge is 0.310 e. The number of hydrogen-bond donors (Lipinski definition) is 1. The summed E-state index contributed by atoms with van der Waals surface area (Å²) in [4.78, 5) is 0. The summed E-state index contributed by atoms with van der Waals surface area (Å²) in [5.41, 5.74) is 1.25. The number of rotatable bonds is 7. The molecule has 0 radical (unpaired) electrons. The first-order valence-electron chi connectivity index (χ1n) is 5.68. The SMILES string of the molecule is C=CCC(NCC)c1cnn(CCC)c1. The third-order valence-electron chi connectivity index (χ3n) is 2.36. The van der Waals surface area contributed by atoms with Gasteiger partial charge in [-0.15, -0.1) is 6.58 Å². The second kappa shape index (κ2) is 6.40. The molecule has 84 valence electrons. The Hall–Kier alpha value is -1.09. The molecule has 0 saturated heterocycles. The van der Waals surface area contributed by atoms with Gasteiger partial charge in [-0.1, -0.05) is 19.9 Å². The molecule has 1 unspecified atom stereocenters. The van der Waals surface area contributed by atoms with E-state index in [-0.39, 0.29) is 0 Å². The predicted octanol–water partition coefficient (Wildman–Crippen LogP) is 2.52. The molecule has 0 bridgehead atoms. The van der Waals surface area contributed by atoms with Crippen LogP contribution >= 0.6 is 0 Å². The van der Waals surface area contributed by atoms with Gasteiger partial charge in [-0.3, -0.25) is 4.68 Å². The molecule has 3 nitrogen and oxygen atoms in total. The van der Waals surface area contributed by atoms with Crippen molar-refractivity contribution < 1.29 is 0 Å². The van der Waals surface area contributed by atoms with Crippen molar-refractivity contribution in [2.45, 2.75) is 39.3 Å². The topological polar surface area (TPSA) is 29.9 Å². The molecule has 1 rings (SSSR count). The molecule has 1 aromatic heterocycles. The summed E-state index contributed by atoms with van der Waals surface area (Å²) in [6, 6.07) is 0.359. The van der Waals surface area contributed by atoms with E-state index in [0.717, 1.165) is 25.9 Å². The van der Waals surface area contributed by atoms with E-state index < -0.39 is 0 Å². The highest BCUT2D eigenvalue weighted by Crippen LogP contribution is 2.16. The van der Waals surface area contributed by atoms with Crippen LogP contribution in [0.5, 0.6) is 0 Å². The van der Waals surface area contributed by atoms with Crippen LogP contribution in [-0.2, 0) is 6.54 Å². The van der Waals surface area contributed by atoms with E-state index in [0.29, 0.717) is 6.04 Å². The van der Waals surface area contributed by atoms with Crippen molar-refractivity contribution in [1.82, 2.24) is 15.1 Å². The molecule has 15 heavy (non-hydrogen) atoms. The molecule has 0 aliphatic carbocycles. The first-order valence-corrected chi connectivity index (χ1v) is 5.68. The highest BCUT2D eigenvalue weighted by atomic mass is 15.3. The monoisotopic (exact) mass is 207 g/mol. The second-order valence-corrected chi connectivity index (χ2v) is 3.67. The molecule has 0 aliphatic rings. The number of nitrogens with one attached hydrogen (secondary N) is 1. The Kier molecular flexibility index (Phi) is 5.12. The third-order valence-corrected chi connectivity index (χ3v) is 2.36. The van der Waals surface area contributed by atoms with E-state index in [1.165, 1.54) is 5.56 Å². The summed E-state index contributed by atoms with van der Waals surface area (Å²) < 4.78 is 2.00. The maximum Gasteiger partial charge on any atom is 0.0537 e. The second-order valence-electron chi connectivity index (χ2n) is 3.67. The molecule has 1 atom stereocenters. The third kappa shape index (κ3) is 3.51. The fourth-order valence-electron chi connectivity index (χ4n) is 1.66. The molecule has 1 N–H and O–H groups in total. The van der Waals surface area contributed by atoms with Crippen LogP contribution in [0.25, 0.3) is 0 Å². The average Bonchev–Trinajstić information content (AvgIpc) is 2.67. The van der Waals surface area contributed by atoms with Gasteiger partial charge in [-0.2, -0.15) is 5.10 Å². The molecule has 3 heteroatoms. The molecule has 0 fully saturated rings. The Labute approximate surface area is 92.2 Å². The van der Waals surface area contributed by atoms with Gasteiger partial charge < -0.3 is 5.32 Å². The summed E-state index contributed by atoms with van der Waals surface area (Å²) in [5, 5.41) is 7.76. The molecule has 0 aliphatic heterocycles. The minimum Gasteiger partial charge on any atom is -0.310 e. The first kappa shape index (κ1) is 12.0. The zero-order valence-electron chi connectivity index (χ0n) is 9.74. The summed E-state index contributed by atoms with van der Waals surface area (Å²) in [5.74, 6) is 0. The van der Waals surface area contributed by atoms with Crippen molar-refractivity contribution >= 4 is 0 Å². The summed E-state index contributed by atoms with van der Waals surface area (Å²) >= 11 is 0. The normalized spacial score (nSPS) is 12.7. The smallest absolute Gasteiger partial charge is 0.0537 e. The summed E-state index contributed by atoms with van der Waals surface area (Å²) in [7, 11) is 0. The molecule has 0 saturated carbocycles. The Balaban J connectivity index is 2.67. The van der Waals surface area contributed by atoms with Crippen LogP contribution in [0.4, 0.5) is 0 Å². The lowest BCUT2D eigenvalue weighted by atomic mass is 10.1. The van der Waals surface area contributed by atoms with Crippen LogP contribution in [0.15, 0.2) is 25.0 Å². The molecule has 1 aromatic rings. The van der Waals surface area contributed by atoms with Crippen LogP contribution in [0.1, 0.15) is 38.3 Å². The summed E-state index contributed by atoms with van der Waals surface area (Å²) in [6.45, 7) is 10.0. The minimum absolute atomic E-state index is 0.359. The van der Waals surface area contributed by atoms with E-state index in [2.05, 4.69) is 37.0 Å². The van der Waals surface area contributed by atoms with Crippen molar-refractivity contribution in [3.8, 4) is 0 Å². The van der Waals surface area contributed by atoms with E-state index in [4.69, 9.17) is 0 Å². The first-order chi connectivity index (χ1) is 7.31. The van der Waals surface area contributed by atoms with Crippen molar-refractivity contribution in [2.24, 2.45) is 0 Å². The van der Waals surface area contributed by atoms with Gasteiger partial charge in [0.2, 0.25) is 0 Å². The number of hydrogen-bond acceptors (Lipinski definition) is 2. The lowest BCUT2D eigenvalue weighted by Gasteiger charge is -2.13. The Morgan fingerprint density at radius 2 is 2.40 bits per heavy atom. The van der Waals surface area contributed by atoms with E-state index in [1.807, 2.05) is 17.0 Å². The lowest BCUT2D eigenvalue weighted by Crippen LogP contribution is -2.19. The van der Waals surface area contributed by atoms with Gasteiger partial charge >= 0.3 is 0 Å². The molecule has 1 heterocycles. The quantitative estimate of drug-likeness (QED) is 0.696. The number of aryl methyl sites for hydroxylation is 1. The van der Waals surface area contributed by atoms with E-state index in [9.17, 15) is 0 Å².